The van der Waals surface area contributed by atoms with E-state index in [0.29, 0.717) is 5.69 Å². The Morgan fingerprint density at radius 3 is 2.52 bits per heavy atom. The smallest absolute Gasteiger partial charge is 0.324 e. The van der Waals surface area contributed by atoms with E-state index in [1.165, 1.54) is 24.3 Å². The SMILES string of the molecule is O=C(CCN1C(=O)CNC1=O)Nc1ccc([N+](=O)[O-])cc1. The zero-order valence-electron chi connectivity index (χ0n) is 10.9. The molecule has 0 radical (unpaired) electrons. The van der Waals surface area contributed by atoms with Crippen molar-refractivity contribution in [3.63, 3.8) is 0 Å². The number of carbonyl (C=O) groups excluding carboxylic acids is 3. The molecule has 110 valence electrons. The van der Waals surface area contributed by atoms with E-state index in [1.54, 1.807) is 0 Å². The fraction of sp³-hybridized carbons (Fsp3) is 0.250. The summed E-state index contributed by atoms with van der Waals surface area (Å²) >= 11 is 0. The molecule has 2 rings (SSSR count). The minimum Gasteiger partial charge on any atom is -0.329 e. The van der Waals surface area contributed by atoms with Crippen LogP contribution in [0.5, 0.6) is 0 Å². The van der Waals surface area contributed by atoms with Crippen molar-refractivity contribution in [2.24, 2.45) is 0 Å². The first kappa shape index (κ1) is 14.4. The molecule has 9 heteroatoms. The molecular weight excluding hydrogens is 280 g/mol. The largest absolute Gasteiger partial charge is 0.329 e. The molecule has 2 N–H and O–H groups in total. The number of non-ortho nitro benzene ring substituents is 1. The fourth-order valence-corrected chi connectivity index (χ4v) is 1.78. The van der Waals surface area contributed by atoms with Gasteiger partial charge < -0.3 is 10.6 Å². The second-order valence-corrected chi connectivity index (χ2v) is 4.31. The monoisotopic (exact) mass is 292 g/mol. The highest BCUT2D eigenvalue weighted by Gasteiger charge is 2.28. The molecule has 9 nitrogen and oxygen atoms in total. The number of nitro benzene ring substituents is 1. The number of benzene rings is 1. The van der Waals surface area contributed by atoms with E-state index in [9.17, 15) is 24.5 Å². The zero-order valence-corrected chi connectivity index (χ0v) is 10.9. The first-order chi connectivity index (χ1) is 9.97. The van der Waals surface area contributed by atoms with Crippen molar-refractivity contribution in [3.8, 4) is 0 Å². The van der Waals surface area contributed by atoms with E-state index < -0.39 is 16.9 Å². The number of nitrogens with zero attached hydrogens (tertiary/aromatic N) is 2. The van der Waals surface area contributed by atoms with E-state index in [0.717, 1.165) is 4.90 Å². The molecule has 0 unspecified atom stereocenters. The minimum atomic E-state index is -0.538. The van der Waals surface area contributed by atoms with Crippen LogP contribution in [0.15, 0.2) is 24.3 Å². The summed E-state index contributed by atoms with van der Waals surface area (Å²) in [5, 5.41) is 15.4. The van der Waals surface area contributed by atoms with Crippen LogP contribution >= 0.6 is 0 Å². The van der Waals surface area contributed by atoms with E-state index in [2.05, 4.69) is 10.6 Å². The van der Waals surface area contributed by atoms with Gasteiger partial charge in [0.05, 0.1) is 11.5 Å². The molecule has 0 bridgehead atoms. The zero-order chi connectivity index (χ0) is 15.4. The van der Waals surface area contributed by atoms with Crippen LogP contribution in [0.2, 0.25) is 0 Å². The van der Waals surface area contributed by atoms with Gasteiger partial charge in [0.1, 0.15) is 0 Å². The lowest BCUT2D eigenvalue weighted by Gasteiger charge is -2.11. The number of hydrogen-bond donors (Lipinski definition) is 2. The van der Waals surface area contributed by atoms with Crippen molar-refractivity contribution in [3.05, 3.63) is 34.4 Å². The lowest BCUT2D eigenvalue weighted by Crippen LogP contribution is -2.33. The Kier molecular flexibility index (Phi) is 4.12. The summed E-state index contributed by atoms with van der Waals surface area (Å²) in [6, 6.07) is 4.84. The predicted molar refractivity (Wildman–Crippen MR) is 71.5 cm³/mol. The highest BCUT2D eigenvalue weighted by molar-refractivity contribution is 6.02. The summed E-state index contributed by atoms with van der Waals surface area (Å²) in [6.07, 6.45) is -0.0455. The second kappa shape index (κ2) is 5.99. The predicted octanol–water partition coefficient (Wildman–Crippen LogP) is 0.475. The van der Waals surface area contributed by atoms with Gasteiger partial charge in [0.25, 0.3) is 5.69 Å². The van der Waals surface area contributed by atoms with Crippen LogP contribution in [0.3, 0.4) is 0 Å². The third-order valence-electron chi connectivity index (χ3n) is 2.86. The van der Waals surface area contributed by atoms with Crippen LogP contribution in [-0.2, 0) is 9.59 Å². The van der Waals surface area contributed by atoms with Crippen molar-refractivity contribution in [2.75, 3.05) is 18.4 Å². The second-order valence-electron chi connectivity index (χ2n) is 4.31. The summed E-state index contributed by atoms with van der Waals surface area (Å²) in [7, 11) is 0. The summed E-state index contributed by atoms with van der Waals surface area (Å²) in [6.45, 7) is -0.0632. The maximum atomic E-state index is 11.7. The number of anilines is 1. The highest BCUT2D eigenvalue weighted by atomic mass is 16.6. The molecule has 0 saturated carbocycles. The molecule has 0 aliphatic carbocycles. The maximum absolute atomic E-state index is 11.7. The Morgan fingerprint density at radius 1 is 1.33 bits per heavy atom. The lowest BCUT2D eigenvalue weighted by molar-refractivity contribution is -0.384. The minimum absolute atomic E-state index is 0.0104. The molecule has 21 heavy (non-hydrogen) atoms. The van der Waals surface area contributed by atoms with Gasteiger partial charge in [-0.1, -0.05) is 0 Å². The molecule has 1 fully saturated rings. The molecule has 1 saturated heterocycles. The summed E-state index contributed by atoms with van der Waals surface area (Å²) in [4.78, 5) is 45.2. The first-order valence-electron chi connectivity index (χ1n) is 6.10. The Bertz CT molecular complexity index is 582. The molecule has 1 aromatic carbocycles. The number of amides is 4. The summed E-state index contributed by atoms with van der Waals surface area (Å²) in [5.74, 6) is -0.764. The summed E-state index contributed by atoms with van der Waals surface area (Å²) in [5.41, 5.74) is 0.329. The Hall–Kier alpha value is -2.97. The van der Waals surface area contributed by atoms with Gasteiger partial charge in [0.2, 0.25) is 11.8 Å². The number of rotatable bonds is 5. The Labute approximate surface area is 119 Å². The molecule has 1 aliphatic heterocycles. The molecule has 1 aromatic rings. The average Bonchev–Trinajstić information content (AvgIpc) is 2.76. The van der Waals surface area contributed by atoms with Crippen LogP contribution in [0.25, 0.3) is 0 Å². The maximum Gasteiger partial charge on any atom is 0.324 e. The van der Waals surface area contributed by atoms with Gasteiger partial charge in [-0.25, -0.2) is 4.79 Å². The van der Waals surface area contributed by atoms with Gasteiger partial charge in [-0.3, -0.25) is 24.6 Å². The normalized spacial score (nSPS) is 14.0. The Morgan fingerprint density at radius 2 is 2.00 bits per heavy atom. The van der Waals surface area contributed by atoms with Crippen LogP contribution in [0.1, 0.15) is 6.42 Å². The van der Waals surface area contributed by atoms with Crippen molar-refractivity contribution < 1.29 is 19.3 Å². The molecule has 4 amide bonds. The van der Waals surface area contributed by atoms with Crippen molar-refractivity contribution in [1.29, 1.82) is 0 Å². The van der Waals surface area contributed by atoms with Crippen molar-refractivity contribution in [2.45, 2.75) is 6.42 Å². The van der Waals surface area contributed by atoms with E-state index >= 15 is 0 Å². The standard InChI is InChI=1S/C12H12N4O5/c17-10(5-6-15-11(18)7-13-12(15)19)14-8-1-3-9(4-2-8)16(20)21/h1-4H,5-7H2,(H,13,19)(H,14,17). The van der Waals surface area contributed by atoms with Gasteiger partial charge in [-0.15, -0.1) is 0 Å². The van der Waals surface area contributed by atoms with E-state index in [-0.39, 0.29) is 31.1 Å². The van der Waals surface area contributed by atoms with Gasteiger partial charge in [0, 0.05) is 30.8 Å². The Balaban J connectivity index is 1.85. The average molecular weight is 292 g/mol. The summed E-state index contributed by atoms with van der Waals surface area (Å²) < 4.78 is 0. The number of urea groups is 1. The highest BCUT2D eigenvalue weighted by Crippen LogP contribution is 2.15. The molecule has 1 heterocycles. The van der Waals surface area contributed by atoms with E-state index in [1.807, 2.05) is 0 Å². The van der Waals surface area contributed by atoms with E-state index in [4.69, 9.17) is 0 Å². The number of nitro groups is 1. The molecule has 0 aromatic heterocycles. The lowest BCUT2D eigenvalue weighted by atomic mass is 10.2. The topological polar surface area (TPSA) is 122 Å². The third-order valence-corrected chi connectivity index (χ3v) is 2.86. The van der Waals surface area contributed by atoms with Gasteiger partial charge in [-0.05, 0) is 12.1 Å². The number of carbonyl (C=O) groups is 3. The molecule has 0 spiro atoms. The number of imide groups is 1. The van der Waals surface area contributed by atoms with Crippen LogP contribution < -0.4 is 10.6 Å². The fourth-order valence-electron chi connectivity index (χ4n) is 1.78. The van der Waals surface area contributed by atoms with Crippen LogP contribution in [-0.4, -0.2) is 40.8 Å². The van der Waals surface area contributed by atoms with Crippen LogP contribution in [0.4, 0.5) is 16.2 Å². The third kappa shape index (κ3) is 3.53. The number of nitrogens with one attached hydrogen (secondary N) is 2. The first-order valence-corrected chi connectivity index (χ1v) is 6.10. The molecular formula is C12H12N4O5. The quantitative estimate of drug-likeness (QED) is 0.464. The number of hydrogen-bond acceptors (Lipinski definition) is 5. The van der Waals surface area contributed by atoms with Gasteiger partial charge >= 0.3 is 6.03 Å². The van der Waals surface area contributed by atoms with Crippen molar-refractivity contribution in [1.82, 2.24) is 10.2 Å². The molecule has 1 aliphatic rings. The van der Waals surface area contributed by atoms with Crippen LogP contribution in [0, 0.1) is 10.1 Å². The molecule has 0 atom stereocenters. The van der Waals surface area contributed by atoms with Gasteiger partial charge in [-0.2, -0.15) is 0 Å². The van der Waals surface area contributed by atoms with Crippen molar-refractivity contribution >= 4 is 29.2 Å². The van der Waals surface area contributed by atoms with Gasteiger partial charge in [0.15, 0.2) is 0 Å².